The first-order valence-corrected chi connectivity index (χ1v) is 8.86. The summed E-state index contributed by atoms with van der Waals surface area (Å²) in [5.41, 5.74) is -0.618. The number of anilines is 1. The molecule has 0 saturated heterocycles. The third-order valence-electron chi connectivity index (χ3n) is 3.28. The number of halogens is 3. The molecule has 0 spiro atoms. The number of carboxylic acids is 1. The SMILES string of the molecule is O=C(O)C=CC(=O)Nc1ccccc1SC[C@H](O)Cn1ccc(C(F)(F)F)n1. The lowest BCUT2D eigenvalue weighted by molar-refractivity contribution is -0.141. The molecule has 1 atom stereocenters. The van der Waals surface area contributed by atoms with Gasteiger partial charge >= 0.3 is 12.1 Å². The van der Waals surface area contributed by atoms with Crippen molar-refractivity contribution in [3.63, 3.8) is 0 Å². The van der Waals surface area contributed by atoms with Crippen molar-refractivity contribution in [3.05, 3.63) is 54.4 Å². The van der Waals surface area contributed by atoms with E-state index in [0.717, 1.165) is 23.0 Å². The molecule has 2 rings (SSSR count). The Morgan fingerprint density at radius 3 is 2.61 bits per heavy atom. The number of benzene rings is 1. The zero-order valence-electron chi connectivity index (χ0n) is 14.3. The van der Waals surface area contributed by atoms with Gasteiger partial charge in [-0.2, -0.15) is 18.3 Å². The van der Waals surface area contributed by atoms with Crippen LogP contribution in [0.1, 0.15) is 5.69 Å². The first-order chi connectivity index (χ1) is 13.1. The molecule has 1 aromatic heterocycles. The summed E-state index contributed by atoms with van der Waals surface area (Å²) in [4.78, 5) is 22.8. The van der Waals surface area contributed by atoms with E-state index < -0.39 is 29.9 Å². The predicted molar refractivity (Wildman–Crippen MR) is 95.8 cm³/mol. The molecule has 0 radical (unpaired) electrons. The van der Waals surface area contributed by atoms with E-state index in [1.165, 1.54) is 11.8 Å². The lowest BCUT2D eigenvalue weighted by Gasteiger charge is -2.13. The Bertz CT molecular complexity index is 867. The molecule has 3 N–H and O–H groups in total. The van der Waals surface area contributed by atoms with Crippen LogP contribution in [0.3, 0.4) is 0 Å². The molecule has 150 valence electrons. The van der Waals surface area contributed by atoms with Crippen LogP contribution in [0.25, 0.3) is 0 Å². The third-order valence-corrected chi connectivity index (χ3v) is 4.50. The maximum absolute atomic E-state index is 12.5. The summed E-state index contributed by atoms with van der Waals surface area (Å²) in [6, 6.07) is 7.49. The molecule has 0 fully saturated rings. The van der Waals surface area contributed by atoms with Gasteiger partial charge in [0.15, 0.2) is 5.69 Å². The fourth-order valence-electron chi connectivity index (χ4n) is 2.09. The van der Waals surface area contributed by atoms with Gasteiger partial charge in [-0.25, -0.2) is 4.79 Å². The zero-order chi connectivity index (χ0) is 20.7. The molecule has 0 bridgehead atoms. The summed E-state index contributed by atoms with van der Waals surface area (Å²) in [7, 11) is 0. The van der Waals surface area contributed by atoms with Crippen molar-refractivity contribution in [2.75, 3.05) is 11.1 Å². The van der Waals surface area contributed by atoms with Crippen molar-refractivity contribution >= 4 is 29.3 Å². The highest BCUT2D eigenvalue weighted by Gasteiger charge is 2.33. The number of hydrogen-bond donors (Lipinski definition) is 3. The van der Waals surface area contributed by atoms with Crippen molar-refractivity contribution < 1.29 is 33.0 Å². The third kappa shape index (κ3) is 6.74. The van der Waals surface area contributed by atoms with Crippen molar-refractivity contribution in [3.8, 4) is 0 Å². The first-order valence-electron chi connectivity index (χ1n) is 7.87. The number of alkyl halides is 3. The largest absolute Gasteiger partial charge is 0.478 e. The summed E-state index contributed by atoms with van der Waals surface area (Å²) in [6.07, 6.45) is -2.82. The lowest BCUT2D eigenvalue weighted by atomic mass is 10.3. The first kappa shape index (κ1) is 21.5. The van der Waals surface area contributed by atoms with Gasteiger partial charge in [0, 0.05) is 29.0 Å². The van der Waals surface area contributed by atoms with Gasteiger partial charge in [0.1, 0.15) is 0 Å². The van der Waals surface area contributed by atoms with E-state index in [4.69, 9.17) is 5.11 Å². The second kappa shape index (κ2) is 9.42. The Morgan fingerprint density at radius 2 is 1.96 bits per heavy atom. The second-order valence-corrected chi connectivity index (χ2v) is 6.60. The predicted octanol–water partition coefficient (Wildman–Crippen LogP) is 2.63. The number of nitrogens with one attached hydrogen (secondary N) is 1. The van der Waals surface area contributed by atoms with Gasteiger partial charge in [-0.15, -0.1) is 11.8 Å². The molecular formula is C17H16F3N3O4S. The van der Waals surface area contributed by atoms with E-state index in [9.17, 15) is 27.9 Å². The van der Waals surface area contributed by atoms with E-state index in [1.54, 1.807) is 24.3 Å². The van der Waals surface area contributed by atoms with Gasteiger partial charge in [0.2, 0.25) is 5.91 Å². The number of amides is 1. The Hall–Kier alpha value is -2.79. The number of carbonyl (C=O) groups is 2. The summed E-state index contributed by atoms with van der Waals surface area (Å²) in [6.45, 7) is -0.126. The van der Waals surface area contributed by atoms with Gasteiger partial charge < -0.3 is 15.5 Å². The number of aliphatic hydroxyl groups excluding tert-OH is 1. The molecule has 28 heavy (non-hydrogen) atoms. The molecular weight excluding hydrogens is 399 g/mol. The van der Waals surface area contributed by atoms with Crippen LogP contribution in [0.5, 0.6) is 0 Å². The van der Waals surface area contributed by atoms with Crippen LogP contribution in [0, 0.1) is 0 Å². The average Bonchev–Trinajstić information content (AvgIpc) is 3.08. The van der Waals surface area contributed by atoms with Gasteiger partial charge in [-0.1, -0.05) is 12.1 Å². The van der Waals surface area contributed by atoms with Gasteiger partial charge in [0.05, 0.1) is 18.3 Å². The van der Waals surface area contributed by atoms with Gasteiger partial charge in [-0.3, -0.25) is 9.48 Å². The number of thioether (sulfide) groups is 1. The number of para-hydroxylation sites is 1. The average molecular weight is 415 g/mol. The monoisotopic (exact) mass is 415 g/mol. The van der Waals surface area contributed by atoms with Gasteiger partial charge in [-0.05, 0) is 18.2 Å². The number of aromatic nitrogens is 2. The maximum Gasteiger partial charge on any atom is 0.435 e. The molecule has 2 aromatic rings. The summed E-state index contributed by atoms with van der Waals surface area (Å²) >= 11 is 1.18. The quantitative estimate of drug-likeness (QED) is 0.452. The van der Waals surface area contributed by atoms with Crippen LogP contribution < -0.4 is 5.32 Å². The molecule has 1 aromatic carbocycles. The van der Waals surface area contributed by atoms with Crippen molar-refractivity contribution in [2.24, 2.45) is 0 Å². The van der Waals surface area contributed by atoms with Crippen LogP contribution in [0.4, 0.5) is 18.9 Å². The number of hydrogen-bond acceptors (Lipinski definition) is 5. The summed E-state index contributed by atoms with van der Waals surface area (Å²) in [5, 5.41) is 24.5. The Balaban J connectivity index is 1.94. The minimum absolute atomic E-state index is 0.126. The molecule has 11 heteroatoms. The Kier molecular flexibility index (Phi) is 7.24. The van der Waals surface area contributed by atoms with E-state index in [-0.39, 0.29) is 12.3 Å². The highest BCUT2D eigenvalue weighted by atomic mass is 32.2. The van der Waals surface area contributed by atoms with E-state index in [1.807, 2.05) is 0 Å². The molecule has 0 unspecified atom stereocenters. The minimum Gasteiger partial charge on any atom is -0.478 e. The highest BCUT2D eigenvalue weighted by Crippen LogP contribution is 2.29. The molecule has 0 aliphatic rings. The molecule has 0 aliphatic heterocycles. The van der Waals surface area contributed by atoms with Crippen molar-refractivity contribution in [1.29, 1.82) is 0 Å². The van der Waals surface area contributed by atoms with Crippen LogP contribution in [-0.2, 0) is 22.3 Å². The lowest BCUT2D eigenvalue weighted by Crippen LogP contribution is -2.20. The second-order valence-electron chi connectivity index (χ2n) is 5.54. The number of aliphatic carboxylic acids is 1. The van der Waals surface area contributed by atoms with Gasteiger partial charge in [0.25, 0.3) is 0 Å². The fourth-order valence-corrected chi connectivity index (χ4v) is 3.01. The van der Waals surface area contributed by atoms with Crippen LogP contribution >= 0.6 is 11.8 Å². The summed E-state index contributed by atoms with van der Waals surface area (Å²) < 4.78 is 38.6. The van der Waals surface area contributed by atoms with E-state index in [2.05, 4.69) is 10.4 Å². The molecule has 7 nitrogen and oxygen atoms in total. The number of rotatable bonds is 8. The fraction of sp³-hybridized carbons (Fsp3) is 0.235. The smallest absolute Gasteiger partial charge is 0.435 e. The Labute approximate surface area is 161 Å². The van der Waals surface area contributed by atoms with Crippen LogP contribution in [0.2, 0.25) is 0 Å². The number of nitrogens with zero attached hydrogens (tertiary/aromatic N) is 2. The highest BCUT2D eigenvalue weighted by molar-refractivity contribution is 7.99. The molecule has 1 amide bonds. The maximum atomic E-state index is 12.5. The van der Waals surface area contributed by atoms with Crippen LogP contribution in [-0.4, -0.2) is 43.7 Å². The van der Waals surface area contributed by atoms with E-state index >= 15 is 0 Å². The van der Waals surface area contributed by atoms with Crippen molar-refractivity contribution in [1.82, 2.24) is 9.78 Å². The van der Waals surface area contributed by atoms with E-state index in [0.29, 0.717) is 16.7 Å². The number of carboxylic acid groups (broad SMARTS) is 1. The molecule has 0 saturated carbocycles. The standard InChI is InChI=1S/C17H16F3N3O4S/c18-17(19,20)14-7-8-23(22-14)9-11(24)10-28-13-4-2-1-3-12(13)21-15(25)5-6-16(26)27/h1-8,11,24H,9-10H2,(H,21,25)(H,26,27)/t11-/m1/s1. The van der Waals surface area contributed by atoms with Crippen molar-refractivity contribution in [2.45, 2.75) is 23.7 Å². The van der Waals surface area contributed by atoms with Crippen LogP contribution in [0.15, 0.2) is 53.6 Å². The number of carbonyl (C=O) groups excluding carboxylic acids is 1. The summed E-state index contributed by atoms with van der Waals surface area (Å²) in [5.74, 6) is -1.75. The Morgan fingerprint density at radius 1 is 1.25 bits per heavy atom. The number of aliphatic hydroxyl groups is 1. The topological polar surface area (TPSA) is 104 Å². The zero-order valence-corrected chi connectivity index (χ0v) is 15.1. The minimum atomic E-state index is -4.54. The molecule has 0 aliphatic carbocycles. The normalized spacial score (nSPS) is 12.9. The molecule has 1 heterocycles.